The Labute approximate surface area is 49.7 Å². The highest BCUT2D eigenvalue weighted by Crippen LogP contribution is 1.86. The average Bonchev–Trinajstić information content (AvgIpc) is 1.66. The van der Waals surface area contributed by atoms with Crippen LogP contribution >= 0.6 is 0 Å². The summed E-state index contributed by atoms with van der Waals surface area (Å²) in [6.07, 6.45) is 1.82. The van der Waals surface area contributed by atoms with Crippen molar-refractivity contribution in [2.45, 2.75) is 19.8 Å². The van der Waals surface area contributed by atoms with Crippen LogP contribution in [0.1, 0.15) is 19.8 Å². The molecule has 3 nitrogen and oxygen atoms in total. The van der Waals surface area contributed by atoms with E-state index < -0.39 is 0 Å². The first-order chi connectivity index (χ1) is 3.77. The molecule has 0 saturated heterocycles. The van der Waals surface area contributed by atoms with Crippen LogP contribution in [0, 0.1) is 5.41 Å². The van der Waals surface area contributed by atoms with Crippen molar-refractivity contribution in [3.63, 3.8) is 0 Å². The van der Waals surface area contributed by atoms with Crippen molar-refractivity contribution in [2.75, 3.05) is 6.54 Å². The second-order valence-corrected chi connectivity index (χ2v) is 1.84. The highest BCUT2D eigenvalue weighted by Gasteiger charge is 1.85. The molecule has 0 bridgehead atoms. The van der Waals surface area contributed by atoms with E-state index in [2.05, 4.69) is 5.43 Å². The van der Waals surface area contributed by atoms with Crippen LogP contribution < -0.4 is 11.3 Å². The fraction of sp³-hybridized carbons (Fsp3) is 0.800. The molecular weight excluding hydrogens is 102 g/mol. The molecule has 4 N–H and O–H groups in total. The molecule has 0 atom stereocenters. The maximum absolute atomic E-state index is 7.00. The Hall–Kier alpha value is -0.410. The quantitative estimate of drug-likeness (QED) is 0.213. The molecule has 0 radical (unpaired) electrons. The van der Waals surface area contributed by atoms with Crippen LogP contribution in [-0.4, -0.2) is 12.3 Å². The fourth-order valence-corrected chi connectivity index (χ4v) is 0.456. The van der Waals surface area contributed by atoms with E-state index in [1.807, 2.05) is 0 Å². The third kappa shape index (κ3) is 5.59. The lowest BCUT2D eigenvalue weighted by Crippen LogP contribution is -2.23. The number of hydrogen-bond acceptors (Lipinski definition) is 3. The minimum absolute atomic E-state index is 0.722. The Bertz CT molecular complexity index is 70.1. The van der Waals surface area contributed by atoms with Gasteiger partial charge in [0.1, 0.15) is 0 Å². The molecule has 0 spiro atoms. The Balaban J connectivity index is 2.82. The molecule has 0 fully saturated rings. The van der Waals surface area contributed by atoms with Crippen LogP contribution in [0.2, 0.25) is 0 Å². The van der Waals surface area contributed by atoms with Gasteiger partial charge in [0.05, 0.1) is 0 Å². The van der Waals surface area contributed by atoms with Gasteiger partial charge < -0.3 is 5.41 Å². The van der Waals surface area contributed by atoms with Gasteiger partial charge in [0.2, 0.25) is 0 Å². The van der Waals surface area contributed by atoms with Crippen LogP contribution in [0.5, 0.6) is 0 Å². The molecule has 0 aliphatic carbocycles. The largest absolute Gasteiger partial charge is 0.310 e. The minimum atomic E-state index is 0.722. The summed E-state index contributed by atoms with van der Waals surface area (Å²) in [4.78, 5) is 0. The maximum atomic E-state index is 7.00. The molecule has 0 saturated carbocycles. The summed E-state index contributed by atoms with van der Waals surface area (Å²) in [5.41, 5.74) is 3.25. The van der Waals surface area contributed by atoms with Gasteiger partial charge in [0, 0.05) is 12.3 Å². The SMILES string of the molecule is CC(=N)CCCNN. The van der Waals surface area contributed by atoms with Crippen molar-refractivity contribution in [2.24, 2.45) is 5.84 Å². The number of hydrazine groups is 1. The van der Waals surface area contributed by atoms with Gasteiger partial charge in [-0.05, 0) is 19.8 Å². The van der Waals surface area contributed by atoms with E-state index in [1.165, 1.54) is 0 Å². The first-order valence-electron chi connectivity index (χ1n) is 2.75. The average molecular weight is 115 g/mol. The van der Waals surface area contributed by atoms with E-state index >= 15 is 0 Å². The molecule has 0 aromatic rings. The molecule has 0 unspecified atom stereocenters. The maximum Gasteiger partial charge on any atom is 0.0101 e. The van der Waals surface area contributed by atoms with Crippen LogP contribution in [0.15, 0.2) is 0 Å². The standard InChI is InChI=1S/C5H13N3/c1-5(6)3-2-4-8-7/h6,8H,2-4,7H2,1H3. The van der Waals surface area contributed by atoms with Crippen LogP contribution in [0.3, 0.4) is 0 Å². The Morgan fingerprint density at radius 3 is 2.75 bits per heavy atom. The lowest BCUT2D eigenvalue weighted by Gasteiger charge is -1.95. The zero-order valence-electron chi connectivity index (χ0n) is 5.20. The van der Waals surface area contributed by atoms with E-state index in [9.17, 15) is 0 Å². The lowest BCUT2D eigenvalue weighted by atomic mass is 10.2. The molecule has 0 aliphatic rings. The van der Waals surface area contributed by atoms with Crippen molar-refractivity contribution in [3.8, 4) is 0 Å². The predicted molar refractivity (Wildman–Crippen MR) is 34.8 cm³/mol. The van der Waals surface area contributed by atoms with Gasteiger partial charge in [-0.25, -0.2) is 0 Å². The number of hydrogen-bond donors (Lipinski definition) is 3. The first kappa shape index (κ1) is 7.59. The van der Waals surface area contributed by atoms with Crippen molar-refractivity contribution < 1.29 is 0 Å². The molecule has 48 valence electrons. The fourth-order valence-electron chi connectivity index (χ4n) is 0.456. The van der Waals surface area contributed by atoms with Gasteiger partial charge in [0.25, 0.3) is 0 Å². The second kappa shape index (κ2) is 4.74. The summed E-state index contributed by atoms with van der Waals surface area (Å²) in [6.45, 7) is 2.60. The third-order valence-corrected chi connectivity index (χ3v) is 0.873. The summed E-state index contributed by atoms with van der Waals surface area (Å²) in [6, 6.07) is 0. The summed E-state index contributed by atoms with van der Waals surface area (Å²) >= 11 is 0. The lowest BCUT2D eigenvalue weighted by molar-refractivity contribution is 0.694. The summed E-state index contributed by atoms with van der Waals surface area (Å²) in [5, 5.41) is 7.00. The molecule has 0 aromatic heterocycles. The highest BCUT2D eigenvalue weighted by atomic mass is 15.2. The smallest absolute Gasteiger partial charge is 0.0101 e. The summed E-state index contributed by atoms with van der Waals surface area (Å²) in [7, 11) is 0. The Morgan fingerprint density at radius 1 is 1.75 bits per heavy atom. The molecule has 0 amide bonds. The second-order valence-electron chi connectivity index (χ2n) is 1.84. The van der Waals surface area contributed by atoms with E-state index in [1.54, 1.807) is 6.92 Å². The van der Waals surface area contributed by atoms with Gasteiger partial charge >= 0.3 is 0 Å². The van der Waals surface area contributed by atoms with E-state index in [-0.39, 0.29) is 0 Å². The topological polar surface area (TPSA) is 61.9 Å². The number of rotatable bonds is 4. The zero-order chi connectivity index (χ0) is 6.41. The number of nitrogens with two attached hydrogens (primary N) is 1. The van der Waals surface area contributed by atoms with Crippen molar-refractivity contribution in [1.29, 1.82) is 5.41 Å². The van der Waals surface area contributed by atoms with Gasteiger partial charge in [-0.2, -0.15) is 0 Å². The van der Waals surface area contributed by atoms with Gasteiger partial charge in [-0.1, -0.05) is 0 Å². The minimum Gasteiger partial charge on any atom is -0.310 e. The van der Waals surface area contributed by atoms with Gasteiger partial charge in [-0.3, -0.25) is 11.3 Å². The van der Waals surface area contributed by atoms with Crippen LogP contribution in [-0.2, 0) is 0 Å². The van der Waals surface area contributed by atoms with E-state index in [4.69, 9.17) is 11.3 Å². The van der Waals surface area contributed by atoms with Crippen molar-refractivity contribution in [3.05, 3.63) is 0 Å². The zero-order valence-corrected chi connectivity index (χ0v) is 5.20. The molecule has 0 heterocycles. The molecular formula is C5H13N3. The van der Waals surface area contributed by atoms with Crippen molar-refractivity contribution in [1.82, 2.24) is 5.43 Å². The van der Waals surface area contributed by atoms with Gasteiger partial charge in [-0.15, -0.1) is 0 Å². The van der Waals surface area contributed by atoms with Crippen molar-refractivity contribution >= 4 is 5.71 Å². The predicted octanol–water partition coefficient (Wildman–Crippen LogP) is 0.270. The van der Waals surface area contributed by atoms with Gasteiger partial charge in [0.15, 0.2) is 0 Å². The summed E-state index contributed by atoms with van der Waals surface area (Å²) < 4.78 is 0. The molecule has 8 heavy (non-hydrogen) atoms. The first-order valence-corrected chi connectivity index (χ1v) is 2.75. The normalized spacial score (nSPS) is 9.25. The molecule has 0 aromatic carbocycles. The Kier molecular flexibility index (Phi) is 4.50. The number of nitrogens with one attached hydrogen (secondary N) is 2. The monoisotopic (exact) mass is 115 g/mol. The summed E-state index contributed by atoms with van der Waals surface area (Å²) in [5.74, 6) is 4.99. The van der Waals surface area contributed by atoms with E-state index in [0.29, 0.717) is 0 Å². The molecule has 0 aliphatic heterocycles. The molecule has 0 rings (SSSR count). The third-order valence-electron chi connectivity index (χ3n) is 0.873. The van der Waals surface area contributed by atoms with Crippen LogP contribution in [0.4, 0.5) is 0 Å². The Morgan fingerprint density at radius 2 is 2.38 bits per heavy atom. The molecule has 3 heteroatoms. The van der Waals surface area contributed by atoms with Crippen LogP contribution in [0.25, 0.3) is 0 Å². The highest BCUT2D eigenvalue weighted by molar-refractivity contribution is 5.78. The van der Waals surface area contributed by atoms with E-state index in [0.717, 1.165) is 25.1 Å².